The molecule has 0 spiro atoms. The van der Waals surface area contributed by atoms with Gasteiger partial charge in [0, 0.05) is 6.54 Å². The second-order valence-electron chi connectivity index (χ2n) is 4.29. The van der Waals surface area contributed by atoms with E-state index in [9.17, 15) is 17.9 Å². The lowest BCUT2D eigenvalue weighted by Gasteiger charge is -2.10. The number of hydrogen-bond donors (Lipinski definition) is 2. The third-order valence-corrected chi connectivity index (χ3v) is 4.53. The molecular weight excluding hydrogens is 321 g/mol. The van der Waals surface area contributed by atoms with Crippen molar-refractivity contribution in [3.63, 3.8) is 0 Å². The average molecular weight is 334 g/mol. The zero-order valence-corrected chi connectivity index (χ0v) is 12.4. The van der Waals surface area contributed by atoms with Crippen molar-refractivity contribution in [2.45, 2.75) is 17.4 Å². The van der Waals surface area contributed by atoms with Crippen LogP contribution in [0.25, 0.3) is 0 Å². The predicted octanol–water partition coefficient (Wildman–Crippen LogP) is 2.47. The Morgan fingerprint density at radius 2 is 2.14 bits per heavy atom. The molecule has 1 atom stereocenters. The molecule has 0 aliphatic rings. The second-order valence-corrected chi connectivity index (χ2v) is 6.47. The van der Waals surface area contributed by atoms with Gasteiger partial charge < -0.3 is 9.52 Å². The summed E-state index contributed by atoms with van der Waals surface area (Å²) in [5.41, 5.74) is 0. The van der Waals surface area contributed by atoms with E-state index in [1.165, 1.54) is 6.26 Å². The topological polar surface area (TPSA) is 79.5 Å². The minimum absolute atomic E-state index is 0.000798. The summed E-state index contributed by atoms with van der Waals surface area (Å²) < 4.78 is 44.3. The van der Waals surface area contributed by atoms with Gasteiger partial charge in [0.15, 0.2) is 0 Å². The van der Waals surface area contributed by atoms with E-state index < -0.39 is 21.9 Å². The Kier molecular flexibility index (Phi) is 5.00. The maximum atomic E-state index is 13.0. The minimum Gasteiger partial charge on any atom is -0.467 e. The van der Waals surface area contributed by atoms with Crippen LogP contribution in [0, 0.1) is 5.82 Å². The summed E-state index contributed by atoms with van der Waals surface area (Å²) >= 11 is 5.55. The summed E-state index contributed by atoms with van der Waals surface area (Å²) in [6, 6.07) is 6.35. The lowest BCUT2D eigenvalue weighted by Crippen LogP contribution is -2.26. The van der Waals surface area contributed by atoms with Gasteiger partial charge in [0.2, 0.25) is 10.0 Å². The van der Waals surface area contributed by atoms with Gasteiger partial charge in [0.1, 0.15) is 17.7 Å². The van der Waals surface area contributed by atoms with Gasteiger partial charge in [-0.05, 0) is 36.8 Å². The van der Waals surface area contributed by atoms with Gasteiger partial charge in [-0.2, -0.15) is 0 Å². The highest BCUT2D eigenvalue weighted by molar-refractivity contribution is 7.89. The van der Waals surface area contributed by atoms with E-state index in [-0.39, 0.29) is 22.9 Å². The Balaban J connectivity index is 1.96. The molecule has 1 heterocycles. The molecule has 0 unspecified atom stereocenters. The molecule has 1 aromatic heterocycles. The fourth-order valence-corrected chi connectivity index (χ4v) is 3.00. The van der Waals surface area contributed by atoms with Crippen molar-refractivity contribution in [1.82, 2.24) is 4.72 Å². The molecule has 8 heteroatoms. The van der Waals surface area contributed by atoms with Crippen molar-refractivity contribution in [3.05, 3.63) is 53.2 Å². The van der Waals surface area contributed by atoms with Crippen LogP contribution in [0.4, 0.5) is 4.39 Å². The predicted molar refractivity (Wildman–Crippen MR) is 74.9 cm³/mol. The van der Waals surface area contributed by atoms with E-state index in [0.717, 1.165) is 18.2 Å². The Morgan fingerprint density at radius 1 is 1.38 bits per heavy atom. The third-order valence-electron chi connectivity index (χ3n) is 2.78. The standard InChI is InChI=1S/C13H13ClFNO4S/c14-10-8-9(3-4-11(10)15)21(18,19)16-6-5-12(17)13-2-1-7-20-13/h1-4,7-8,12,16-17H,5-6H2/t12-/m0/s1. The van der Waals surface area contributed by atoms with E-state index >= 15 is 0 Å². The number of aliphatic hydroxyl groups excluding tert-OH is 1. The third kappa shape index (κ3) is 4.04. The normalized spacial score (nSPS) is 13.3. The number of aliphatic hydroxyl groups is 1. The number of sulfonamides is 1. The van der Waals surface area contributed by atoms with Crippen molar-refractivity contribution < 1.29 is 22.3 Å². The first-order valence-electron chi connectivity index (χ1n) is 6.06. The van der Waals surface area contributed by atoms with Crippen molar-refractivity contribution >= 4 is 21.6 Å². The van der Waals surface area contributed by atoms with Crippen molar-refractivity contribution in [3.8, 4) is 0 Å². The highest BCUT2D eigenvalue weighted by Crippen LogP contribution is 2.20. The molecule has 0 fully saturated rings. The SMILES string of the molecule is O=S(=O)(NCC[C@H](O)c1ccco1)c1ccc(F)c(Cl)c1. The molecule has 114 valence electrons. The van der Waals surface area contributed by atoms with E-state index in [0.29, 0.717) is 5.76 Å². The van der Waals surface area contributed by atoms with Crippen LogP contribution in [0.5, 0.6) is 0 Å². The van der Waals surface area contributed by atoms with E-state index in [1.54, 1.807) is 12.1 Å². The van der Waals surface area contributed by atoms with Crippen LogP contribution in [-0.2, 0) is 10.0 Å². The Labute approximate surface area is 126 Å². The molecule has 0 radical (unpaired) electrons. The van der Waals surface area contributed by atoms with Crippen LogP contribution in [0.15, 0.2) is 45.9 Å². The quantitative estimate of drug-likeness (QED) is 0.851. The van der Waals surface area contributed by atoms with Gasteiger partial charge in [-0.25, -0.2) is 17.5 Å². The number of furan rings is 1. The first-order chi connectivity index (χ1) is 9.90. The summed E-state index contributed by atoms with van der Waals surface area (Å²) in [5.74, 6) is -0.331. The summed E-state index contributed by atoms with van der Waals surface area (Å²) in [4.78, 5) is -0.138. The molecule has 1 aromatic carbocycles. The summed E-state index contributed by atoms with van der Waals surface area (Å²) in [6.45, 7) is -0.000798. The number of rotatable bonds is 6. The van der Waals surface area contributed by atoms with Crippen LogP contribution >= 0.6 is 11.6 Å². The Hall–Kier alpha value is -1.41. The summed E-state index contributed by atoms with van der Waals surface area (Å²) in [6.07, 6.45) is 0.657. The van der Waals surface area contributed by atoms with Gasteiger partial charge in [-0.15, -0.1) is 0 Å². The molecule has 0 saturated carbocycles. The minimum atomic E-state index is -3.81. The molecule has 0 aliphatic carbocycles. The molecule has 2 aromatic rings. The van der Waals surface area contributed by atoms with Gasteiger partial charge in [-0.1, -0.05) is 11.6 Å². The molecule has 0 aliphatic heterocycles. The van der Waals surface area contributed by atoms with Gasteiger partial charge >= 0.3 is 0 Å². The summed E-state index contributed by atoms with van der Waals surface area (Å²) in [5, 5.41) is 9.49. The van der Waals surface area contributed by atoms with Crippen LogP contribution < -0.4 is 4.72 Å². The first kappa shape index (κ1) is 16.0. The first-order valence-corrected chi connectivity index (χ1v) is 7.92. The number of nitrogens with one attached hydrogen (secondary N) is 1. The molecule has 0 bridgehead atoms. The van der Waals surface area contributed by atoms with Crippen LogP contribution in [0.2, 0.25) is 5.02 Å². The highest BCUT2D eigenvalue weighted by Gasteiger charge is 2.17. The van der Waals surface area contributed by atoms with Crippen molar-refractivity contribution in [1.29, 1.82) is 0 Å². The summed E-state index contributed by atoms with van der Waals surface area (Å²) in [7, 11) is -3.81. The zero-order valence-electron chi connectivity index (χ0n) is 10.8. The molecule has 5 nitrogen and oxygen atoms in total. The maximum Gasteiger partial charge on any atom is 0.240 e. The van der Waals surface area contributed by atoms with Crippen LogP contribution in [0.1, 0.15) is 18.3 Å². The average Bonchev–Trinajstić information content (AvgIpc) is 2.95. The molecular formula is C13H13ClFNO4S. The molecule has 2 rings (SSSR count). The van der Waals surface area contributed by atoms with Gasteiger partial charge in [-0.3, -0.25) is 0 Å². The van der Waals surface area contributed by atoms with E-state index in [4.69, 9.17) is 16.0 Å². The fourth-order valence-electron chi connectivity index (χ4n) is 1.68. The van der Waals surface area contributed by atoms with E-state index in [1.807, 2.05) is 0 Å². The maximum absolute atomic E-state index is 13.0. The fraction of sp³-hybridized carbons (Fsp3) is 0.231. The monoisotopic (exact) mass is 333 g/mol. The lowest BCUT2D eigenvalue weighted by molar-refractivity contribution is 0.142. The van der Waals surface area contributed by atoms with Crippen molar-refractivity contribution in [2.24, 2.45) is 0 Å². The second kappa shape index (κ2) is 6.57. The smallest absolute Gasteiger partial charge is 0.240 e. The number of halogens is 2. The highest BCUT2D eigenvalue weighted by atomic mass is 35.5. The van der Waals surface area contributed by atoms with Gasteiger partial charge in [0.25, 0.3) is 0 Å². The molecule has 0 saturated heterocycles. The Morgan fingerprint density at radius 3 is 2.76 bits per heavy atom. The lowest BCUT2D eigenvalue weighted by atomic mass is 10.2. The Bertz CT molecular complexity index is 703. The number of benzene rings is 1. The number of hydrogen-bond acceptors (Lipinski definition) is 4. The van der Waals surface area contributed by atoms with E-state index in [2.05, 4.69) is 4.72 Å². The van der Waals surface area contributed by atoms with Gasteiger partial charge in [0.05, 0.1) is 16.2 Å². The molecule has 0 amide bonds. The van der Waals surface area contributed by atoms with Crippen LogP contribution in [-0.4, -0.2) is 20.1 Å². The molecule has 2 N–H and O–H groups in total. The largest absolute Gasteiger partial charge is 0.467 e. The molecule has 21 heavy (non-hydrogen) atoms. The zero-order chi connectivity index (χ0) is 15.5. The van der Waals surface area contributed by atoms with Crippen molar-refractivity contribution in [2.75, 3.05) is 6.54 Å². The van der Waals surface area contributed by atoms with Crippen LogP contribution in [0.3, 0.4) is 0 Å².